The van der Waals surface area contributed by atoms with Crippen molar-refractivity contribution in [2.45, 2.75) is 12.8 Å². The van der Waals surface area contributed by atoms with Crippen LogP contribution in [0.2, 0.25) is 0 Å². The second-order valence-corrected chi connectivity index (χ2v) is 7.20. The van der Waals surface area contributed by atoms with Gasteiger partial charge in [0.1, 0.15) is 5.82 Å². The zero-order chi connectivity index (χ0) is 22.5. The molecule has 0 radical (unpaired) electrons. The number of rotatable bonds is 6. The molecule has 4 rings (SSSR count). The number of imide groups is 1. The third-order valence-corrected chi connectivity index (χ3v) is 4.99. The van der Waals surface area contributed by atoms with E-state index in [1.165, 1.54) is 24.3 Å². The van der Waals surface area contributed by atoms with Gasteiger partial charge in [-0.3, -0.25) is 14.5 Å². The Labute approximate surface area is 183 Å². The molecule has 3 aromatic rings. The summed E-state index contributed by atoms with van der Waals surface area (Å²) in [6.45, 7) is -0.145. The van der Waals surface area contributed by atoms with Crippen LogP contribution in [0.5, 0.6) is 0 Å². The highest BCUT2D eigenvalue weighted by Crippen LogP contribution is 2.25. The number of amides is 2. The van der Waals surface area contributed by atoms with E-state index in [2.05, 4.69) is 5.10 Å². The summed E-state index contributed by atoms with van der Waals surface area (Å²) < 4.78 is 20.0. The quantitative estimate of drug-likeness (QED) is 0.440. The Morgan fingerprint density at radius 2 is 1.84 bits per heavy atom. The van der Waals surface area contributed by atoms with Crippen molar-refractivity contribution in [1.29, 1.82) is 0 Å². The summed E-state index contributed by atoms with van der Waals surface area (Å²) >= 11 is 0. The van der Waals surface area contributed by atoms with Gasteiger partial charge in [0.25, 0.3) is 5.91 Å². The van der Waals surface area contributed by atoms with Gasteiger partial charge in [-0.2, -0.15) is 5.10 Å². The van der Waals surface area contributed by atoms with Gasteiger partial charge in [0, 0.05) is 36.4 Å². The van der Waals surface area contributed by atoms with Crippen molar-refractivity contribution >= 4 is 23.9 Å². The summed E-state index contributed by atoms with van der Waals surface area (Å²) in [6, 6.07) is 15.3. The topological polar surface area (TPSA) is 81.5 Å². The van der Waals surface area contributed by atoms with Crippen LogP contribution in [0.25, 0.3) is 23.0 Å². The summed E-state index contributed by atoms with van der Waals surface area (Å²) in [5, 5.41) is 4.59. The van der Waals surface area contributed by atoms with Crippen molar-refractivity contribution < 1.29 is 23.5 Å². The van der Waals surface area contributed by atoms with Gasteiger partial charge in [-0.25, -0.2) is 13.9 Å². The first-order valence-corrected chi connectivity index (χ1v) is 10.1. The van der Waals surface area contributed by atoms with E-state index in [1.807, 2.05) is 30.3 Å². The standard InChI is InChI=1S/C24H20FN3O4/c25-19-11-8-17(9-12-19)24-18(15-28(26-24)20-5-2-1-3-6-20)10-13-23(31)32-16-22(30)27-14-4-7-21(27)29/h1-3,5-6,8-13,15H,4,7,14,16H2/b13-10+. The van der Waals surface area contributed by atoms with Gasteiger partial charge in [-0.1, -0.05) is 18.2 Å². The molecule has 7 nitrogen and oxygen atoms in total. The SMILES string of the molecule is O=C(/C=C/c1cn(-c2ccccc2)nc1-c1ccc(F)cc1)OCC(=O)N1CCCC1=O. The number of hydrogen-bond acceptors (Lipinski definition) is 5. The molecule has 0 N–H and O–H groups in total. The molecule has 0 atom stereocenters. The van der Waals surface area contributed by atoms with Gasteiger partial charge in [0.2, 0.25) is 5.91 Å². The third-order valence-electron chi connectivity index (χ3n) is 4.99. The smallest absolute Gasteiger partial charge is 0.331 e. The monoisotopic (exact) mass is 433 g/mol. The Morgan fingerprint density at radius 3 is 2.53 bits per heavy atom. The molecule has 32 heavy (non-hydrogen) atoms. The first-order chi connectivity index (χ1) is 15.5. The highest BCUT2D eigenvalue weighted by atomic mass is 19.1. The minimum absolute atomic E-state index is 0.251. The lowest BCUT2D eigenvalue weighted by Gasteiger charge is -2.12. The Morgan fingerprint density at radius 1 is 1.09 bits per heavy atom. The zero-order valence-corrected chi connectivity index (χ0v) is 17.1. The maximum Gasteiger partial charge on any atom is 0.331 e. The lowest BCUT2D eigenvalue weighted by molar-refractivity contribution is -0.151. The Kier molecular flexibility index (Phi) is 6.21. The third kappa shape index (κ3) is 4.80. The summed E-state index contributed by atoms with van der Waals surface area (Å²) in [4.78, 5) is 36.9. The molecule has 2 aromatic carbocycles. The van der Waals surface area contributed by atoms with Crippen molar-refractivity contribution in [2.75, 3.05) is 13.2 Å². The molecule has 0 bridgehead atoms. The normalized spacial score (nSPS) is 13.7. The van der Waals surface area contributed by atoms with Crippen LogP contribution in [0, 0.1) is 5.82 Å². The maximum atomic E-state index is 13.4. The van der Waals surface area contributed by atoms with E-state index in [9.17, 15) is 18.8 Å². The lowest BCUT2D eigenvalue weighted by atomic mass is 10.1. The minimum Gasteiger partial charge on any atom is -0.452 e. The molecule has 0 saturated carbocycles. The number of likely N-dealkylation sites (tertiary alicyclic amines) is 1. The van der Waals surface area contributed by atoms with E-state index < -0.39 is 18.5 Å². The summed E-state index contributed by atoms with van der Waals surface area (Å²) in [5.74, 6) is -1.86. The molecule has 0 aliphatic carbocycles. The fraction of sp³-hybridized carbons (Fsp3) is 0.167. The van der Waals surface area contributed by atoms with Crippen LogP contribution >= 0.6 is 0 Å². The van der Waals surface area contributed by atoms with Gasteiger partial charge in [0.15, 0.2) is 6.61 Å². The van der Waals surface area contributed by atoms with Crippen LogP contribution in [0.15, 0.2) is 66.9 Å². The molecular formula is C24H20FN3O4. The van der Waals surface area contributed by atoms with E-state index in [-0.39, 0.29) is 11.7 Å². The van der Waals surface area contributed by atoms with Crippen LogP contribution in [0.3, 0.4) is 0 Å². The largest absolute Gasteiger partial charge is 0.452 e. The van der Waals surface area contributed by atoms with E-state index in [0.717, 1.165) is 10.6 Å². The molecule has 1 aromatic heterocycles. The van der Waals surface area contributed by atoms with Gasteiger partial charge in [-0.15, -0.1) is 0 Å². The minimum atomic E-state index is -0.720. The van der Waals surface area contributed by atoms with Crippen LogP contribution in [-0.4, -0.2) is 45.6 Å². The molecule has 1 aliphatic heterocycles. The molecule has 1 aliphatic rings. The average molecular weight is 433 g/mol. The average Bonchev–Trinajstić information content (AvgIpc) is 3.43. The summed E-state index contributed by atoms with van der Waals surface area (Å²) in [7, 11) is 0. The van der Waals surface area contributed by atoms with Gasteiger partial charge >= 0.3 is 5.97 Å². The Balaban J connectivity index is 1.52. The molecule has 0 spiro atoms. The zero-order valence-electron chi connectivity index (χ0n) is 17.1. The number of carbonyl (C=O) groups excluding carboxylic acids is 3. The van der Waals surface area contributed by atoms with E-state index >= 15 is 0 Å². The summed E-state index contributed by atoms with van der Waals surface area (Å²) in [6.07, 6.45) is 5.41. The second kappa shape index (κ2) is 9.38. The van der Waals surface area contributed by atoms with Crippen LogP contribution in [-0.2, 0) is 19.1 Å². The van der Waals surface area contributed by atoms with Crippen molar-refractivity contribution in [1.82, 2.24) is 14.7 Å². The number of benzene rings is 2. The number of nitrogens with zero attached hydrogens (tertiary/aromatic N) is 3. The fourth-order valence-electron chi connectivity index (χ4n) is 3.38. The second-order valence-electron chi connectivity index (χ2n) is 7.20. The molecule has 8 heteroatoms. The van der Waals surface area contributed by atoms with Gasteiger partial charge in [-0.05, 0) is 48.9 Å². The van der Waals surface area contributed by atoms with Crippen molar-refractivity contribution in [3.05, 3.63) is 78.3 Å². The first-order valence-electron chi connectivity index (χ1n) is 10.1. The number of aromatic nitrogens is 2. The summed E-state index contributed by atoms with van der Waals surface area (Å²) in [5.41, 5.74) is 2.66. The van der Waals surface area contributed by atoms with Gasteiger partial charge < -0.3 is 4.74 Å². The highest BCUT2D eigenvalue weighted by molar-refractivity contribution is 5.98. The first kappa shape index (κ1) is 21.2. The predicted octanol–water partition coefficient (Wildman–Crippen LogP) is 3.38. The van der Waals surface area contributed by atoms with Crippen molar-refractivity contribution in [3.8, 4) is 16.9 Å². The predicted molar refractivity (Wildman–Crippen MR) is 115 cm³/mol. The number of hydrogen-bond donors (Lipinski definition) is 0. The lowest BCUT2D eigenvalue weighted by Crippen LogP contribution is -2.35. The van der Waals surface area contributed by atoms with E-state index in [4.69, 9.17) is 4.74 Å². The van der Waals surface area contributed by atoms with Crippen molar-refractivity contribution in [3.63, 3.8) is 0 Å². The number of halogens is 1. The van der Waals surface area contributed by atoms with Crippen molar-refractivity contribution in [2.24, 2.45) is 0 Å². The molecule has 1 saturated heterocycles. The van der Waals surface area contributed by atoms with Crippen LogP contribution < -0.4 is 0 Å². The number of ether oxygens (including phenoxy) is 1. The van der Waals surface area contributed by atoms with E-state index in [0.29, 0.717) is 36.2 Å². The van der Waals surface area contributed by atoms with Crippen LogP contribution in [0.4, 0.5) is 4.39 Å². The molecule has 2 amide bonds. The molecule has 162 valence electrons. The van der Waals surface area contributed by atoms with Crippen LogP contribution in [0.1, 0.15) is 18.4 Å². The highest BCUT2D eigenvalue weighted by Gasteiger charge is 2.26. The molecule has 0 unspecified atom stereocenters. The number of carbonyl (C=O) groups is 3. The number of esters is 1. The fourth-order valence-corrected chi connectivity index (χ4v) is 3.38. The maximum absolute atomic E-state index is 13.4. The Hall–Kier alpha value is -4.07. The molecular weight excluding hydrogens is 413 g/mol. The number of para-hydroxylation sites is 1. The van der Waals surface area contributed by atoms with Gasteiger partial charge in [0.05, 0.1) is 11.4 Å². The molecule has 2 heterocycles. The molecule has 1 fully saturated rings. The van der Waals surface area contributed by atoms with E-state index in [1.54, 1.807) is 23.0 Å². The Bertz CT molecular complexity index is 1170.